The molecule has 0 aliphatic rings. The highest BCUT2D eigenvalue weighted by atomic mass is 79.9. The number of halogens is 1. The molecule has 0 heterocycles. The zero-order chi connectivity index (χ0) is 15.6. The van der Waals surface area contributed by atoms with Crippen LogP contribution in [0.25, 0.3) is 0 Å². The first-order chi connectivity index (χ1) is 9.82. The monoisotopic (exact) mass is 368 g/mol. The van der Waals surface area contributed by atoms with E-state index in [9.17, 15) is 8.42 Å². The van der Waals surface area contributed by atoms with Crippen molar-refractivity contribution < 1.29 is 8.42 Å². The molecule has 2 aromatic carbocycles. The van der Waals surface area contributed by atoms with Crippen molar-refractivity contribution >= 4 is 31.6 Å². The summed E-state index contributed by atoms with van der Waals surface area (Å²) in [6.45, 7) is 2.29. The number of rotatable bonds is 4. The van der Waals surface area contributed by atoms with E-state index in [1.807, 2.05) is 31.2 Å². The van der Waals surface area contributed by atoms with Gasteiger partial charge in [0, 0.05) is 23.8 Å². The second kappa shape index (κ2) is 6.17. The molecule has 0 aromatic heterocycles. The number of nitrogen functional groups attached to an aromatic ring is 1. The van der Waals surface area contributed by atoms with Crippen LogP contribution in [0.3, 0.4) is 0 Å². The quantitative estimate of drug-likeness (QED) is 0.842. The number of nitrogens with zero attached hydrogens (tertiary/aromatic N) is 1. The molecule has 0 aliphatic carbocycles. The molecule has 21 heavy (non-hydrogen) atoms. The minimum atomic E-state index is -3.57. The van der Waals surface area contributed by atoms with Crippen LogP contribution in [0.15, 0.2) is 51.8 Å². The molecule has 0 bridgehead atoms. The van der Waals surface area contributed by atoms with E-state index in [-0.39, 0.29) is 4.90 Å². The Morgan fingerprint density at radius 3 is 2.48 bits per heavy atom. The van der Waals surface area contributed by atoms with E-state index in [0.29, 0.717) is 16.7 Å². The summed E-state index contributed by atoms with van der Waals surface area (Å²) in [6, 6.07) is 12.4. The molecule has 2 aromatic rings. The molecular formula is C15H17BrN2O2S. The van der Waals surface area contributed by atoms with Crippen molar-refractivity contribution in [3.63, 3.8) is 0 Å². The van der Waals surface area contributed by atoms with Crippen LogP contribution in [0.2, 0.25) is 0 Å². The Bertz CT molecular complexity index is 760. The summed E-state index contributed by atoms with van der Waals surface area (Å²) < 4.78 is 27.1. The molecule has 0 saturated heterocycles. The third-order valence-electron chi connectivity index (χ3n) is 3.30. The molecule has 112 valence electrons. The average Bonchev–Trinajstić information content (AvgIpc) is 2.40. The van der Waals surface area contributed by atoms with Gasteiger partial charge >= 0.3 is 0 Å². The number of benzene rings is 2. The highest BCUT2D eigenvalue weighted by molar-refractivity contribution is 9.10. The molecule has 0 unspecified atom stereocenters. The summed E-state index contributed by atoms with van der Waals surface area (Å²) in [5.74, 6) is 0. The van der Waals surface area contributed by atoms with E-state index in [0.717, 1.165) is 11.1 Å². The minimum absolute atomic E-state index is 0.216. The highest BCUT2D eigenvalue weighted by Crippen LogP contribution is 2.27. The predicted octanol–water partition coefficient (Wildman–Crippen LogP) is 3.16. The number of nitrogens with two attached hydrogens (primary N) is 1. The lowest BCUT2D eigenvalue weighted by atomic mass is 10.1. The first kappa shape index (κ1) is 16.0. The predicted molar refractivity (Wildman–Crippen MR) is 88.4 cm³/mol. The molecule has 0 aliphatic heterocycles. The minimum Gasteiger partial charge on any atom is -0.399 e. The van der Waals surface area contributed by atoms with Crippen molar-refractivity contribution in [1.29, 1.82) is 0 Å². The second-order valence-electron chi connectivity index (χ2n) is 4.88. The summed E-state index contributed by atoms with van der Waals surface area (Å²) >= 11 is 3.27. The van der Waals surface area contributed by atoms with Gasteiger partial charge in [-0.3, -0.25) is 0 Å². The third-order valence-corrected chi connectivity index (χ3v) is 6.08. The van der Waals surface area contributed by atoms with Crippen molar-refractivity contribution in [1.82, 2.24) is 4.31 Å². The lowest BCUT2D eigenvalue weighted by Gasteiger charge is -2.19. The summed E-state index contributed by atoms with van der Waals surface area (Å²) in [6.07, 6.45) is 0. The zero-order valence-corrected chi connectivity index (χ0v) is 14.3. The lowest BCUT2D eigenvalue weighted by molar-refractivity contribution is 0.465. The van der Waals surface area contributed by atoms with Crippen LogP contribution in [0.5, 0.6) is 0 Å². The van der Waals surface area contributed by atoms with Gasteiger partial charge in [0.2, 0.25) is 10.0 Å². The second-order valence-corrected chi connectivity index (χ2v) is 7.75. The van der Waals surface area contributed by atoms with Gasteiger partial charge in [-0.15, -0.1) is 0 Å². The van der Waals surface area contributed by atoms with Gasteiger partial charge in [-0.1, -0.05) is 24.3 Å². The molecule has 0 amide bonds. The molecule has 0 spiro atoms. The smallest absolute Gasteiger partial charge is 0.244 e. The largest absolute Gasteiger partial charge is 0.399 e. The maximum atomic E-state index is 12.6. The Morgan fingerprint density at radius 2 is 1.86 bits per heavy atom. The summed E-state index contributed by atoms with van der Waals surface area (Å²) in [5.41, 5.74) is 8.22. The van der Waals surface area contributed by atoms with E-state index >= 15 is 0 Å². The average molecular weight is 369 g/mol. The molecular weight excluding hydrogens is 352 g/mol. The molecule has 2 N–H and O–H groups in total. The van der Waals surface area contributed by atoms with Gasteiger partial charge in [0.15, 0.2) is 0 Å². The van der Waals surface area contributed by atoms with E-state index in [1.54, 1.807) is 19.2 Å². The van der Waals surface area contributed by atoms with Gasteiger partial charge in [-0.2, -0.15) is 4.31 Å². The molecule has 6 heteroatoms. The van der Waals surface area contributed by atoms with Crippen LogP contribution in [0.1, 0.15) is 11.1 Å². The van der Waals surface area contributed by atoms with Gasteiger partial charge in [0.05, 0.1) is 4.90 Å². The molecule has 0 atom stereocenters. The van der Waals surface area contributed by atoms with E-state index in [1.165, 1.54) is 10.4 Å². The van der Waals surface area contributed by atoms with Crippen LogP contribution in [-0.4, -0.2) is 19.8 Å². The van der Waals surface area contributed by atoms with E-state index in [4.69, 9.17) is 5.73 Å². The van der Waals surface area contributed by atoms with Crippen LogP contribution in [-0.2, 0) is 16.6 Å². The first-order valence-corrected chi connectivity index (χ1v) is 8.61. The number of sulfonamides is 1. The fraction of sp³-hybridized carbons (Fsp3) is 0.200. The Hall–Kier alpha value is -1.37. The van der Waals surface area contributed by atoms with Crippen molar-refractivity contribution in [2.24, 2.45) is 0 Å². The number of anilines is 1. The standard InChI is InChI=1S/C15H17BrN2O2S/c1-11-5-3-4-6-12(11)10-18(2)21(19,20)15-8-7-13(17)9-14(15)16/h3-9H,10,17H2,1-2H3. The fourth-order valence-electron chi connectivity index (χ4n) is 2.01. The van der Waals surface area contributed by atoms with Gasteiger partial charge in [0.25, 0.3) is 0 Å². The topological polar surface area (TPSA) is 63.4 Å². The fourth-order valence-corrected chi connectivity index (χ4v) is 4.21. The van der Waals surface area contributed by atoms with E-state index < -0.39 is 10.0 Å². The molecule has 0 fully saturated rings. The Morgan fingerprint density at radius 1 is 1.19 bits per heavy atom. The lowest BCUT2D eigenvalue weighted by Crippen LogP contribution is -2.27. The highest BCUT2D eigenvalue weighted by Gasteiger charge is 2.23. The zero-order valence-electron chi connectivity index (χ0n) is 11.9. The van der Waals surface area contributed by atoms with Gasteiger partial charge in [0.1, 0.15) is 0 Å². The summed E-state index contributed by atoms with van der Waals surface area (Å²) in [5, 5.41) is 0. The van der Waals surface area contributed by atoms with Crippen LogP contribution in [0, 0.1) is 6.92 Å². The SMILES string of the molecule is Cc1ccccc1CN(C)S(=O)(=O)c1ccc(N)cc1Br. The molecule has 2 rings (SSSR count). The van der Waals surface area contributed by atoms with Crippen molar-refractivity contribution in [3.05, 3.63) is 58.1 Å². The Kier molecular flexibility index (Phi) is 4.70. The normalized spacial score (nSPS) is 11.8. The third kappa shape index (κ3) is 3.45. The van der Waals surface area contributed by atoms with Crippen LogP contribution >= 0.6 is 15.9 Å². The first-order valence-electron chi connectivity index (χ1n) is 6.38. The number of hydrogen-bond acceptors (Lipinski definition) is 3. The Labute approximate surface area is 133 Å². The van der Waals surface area contributed by atoms with Crippen molar-refractivity contribution in [3.8, 4) is 0 Å². The van der Waals surface area contributed by atoms with Gasteiger partial charge in [-0.05, 0) is 52.2 Å². The summed E-state index contributed by atoms with van der Waals surface area (Å²) in [4.78, 5) is 0.216. The van der Waals surface area contributed by atoms with Gasteiger partial charge < -0.3 is 5.73 Å². The van der Waals surface area contributed by atoms with Gasteiger partial charge in [-0.25, -0.2) is 8.42 Å². The number of aryl methyl sites for hydroxylation is 1. The maximum Gasteiger partial charge on any atom is 0.244 e. The maximum absolute atomic E-state index is 12.6. The Balaban J connectivity index is 2.33. The number of hydrogen-bond donors (Lipinski definition) is 1. The molecule has 4 nitrogen and oxygen atoms in total. The molecule has 0 saturated carbocycles. The van der Waals surface area contributed by atoms with Crippen LogP contribution < -0.4 is 5.73 Å². The van der Waals surface area contributed by atoms with Crippen molar-refractivity contribution in [2.45, 2.75) is 18.4 Å². The molecule has 0 radical (unpaired) electrons. The summed E-state index contributed by atoms with van der Waals surface area (Å²) in [7, 11) is -2.00. The van der Waals surface area contributed by atoms with E-state index in [2.05, 4.69) is 15.9 Å². The van der Waals surface area contributed by atoms with Crippen LogP contribution in [0.4, 0.5) is 5.69 Å². The van der Waals surface area contributed by atoms with Crippen molar-refractivity contribution in [2.75, 3.05) is 12.8 Å².